The molecule has 0 aromatic carbocycles. The number of amides is 2. The Morgan fingerprint density at radius 3 is 2.79 bits per heavy atom. The van der Waals surface area contributed by atoms with Crippen molar-refractivity contribution in [1.82, 2.24) is 10.2 Å². The van der Waals surface area contributed by atoms with Gasteiger partial charge in [-0.3, -0.25) is 14.4 Å². The molecule has 2 rings (SSSR count). The molecule has 0 bridgehead atoms. The van der Waals surface area contributed by atoms with E-state index in [0.717, 1.165) is 16.7 Å². The fraction of sp³-hybridized carbons (Fsp3) is 0.714. The Morgan fingerprint density at radius 2 is 2.21 bits per heavy atom. The topological polar surface area (TPSA) is 150 Å². The number of β-lactam (4-membered cyclic amide) rings is 1. The van der Waals surface area contributed by atoms with Gasteiger partial charge in [-0.2, -0.15) is 0 Å². The highest BCUT2D eigenvalue weighted by Crippen LogP contribution is 2.45. The standard InChI is InChI=1S/C14H21N3O6S/c1-2-7-10(14(22)23)17-11(19)9(12(17)24-7)16-8(18)5-3-4-6(15)13(20)21/h6-7,9-10,12H,2-5,15H2,1H3,(H,16,18)(H,20,21)(H,22,23)/t6-,7-,9+,10+,12+/m0/s1/i1D2,2D2. The molecule has 2 amide bonds. The van der Waals surface area contributed by atoms with E-state index >= 15 is 0 Å². The van der Waals surface area contributed by atoms with Gasteiger partial charge in [-0.1, -0.05) is 6.88 Å². The van der Waals surface area contributed by atoms with Crippen molar-refractivity contribution in [2.24, 2.45) is 5.73 Å². The van der Waals surface area contributed by atoms with E-state index < -0.39 is 65.8 Å². The molecule has 2 fully saturated rings. The van der Waals surface area contributed by atoms with E-state index in [1.807, 2.05) is 0 Å². The second-order valence-corrected chi connectivity index (χ2v) is 6.79. The Labute approximate surface area is 148 Å². The summed E-state index contributed by atoms with van der Waals surface area (Å²) in [5.41, 5.74) is 5.34. The summed E-state index contributed by atoms with van der Waals surface area (Å²) in [6, 6.07) is -3.67. The monoisotopic (exact) mass is 363 g/mol. The number of carboxylic acid groups (broad SMARTS) is 2. The molecule has 10 heteroatoms. The minimum atomic E-state index is -2.48. The second kappa shape index (κ2) is 7.39. The van der Waals surface area contributed by atoms with E-state index in [-0.39, 0.29) is 19.3 Å². The van der Waals surface area contributed by atoms with Crippen molar-refractivity contribution in [3.8, 4) is 0 Å². The summed E-state index contributed by atoms with van der Waals surface area (Å²) in [7, 11) is 0. The zero-order valence-electron chi connectivity index (χ0n) is 16.5. The molecule has 0 radical (unpaired) electrons. The van der Waals surface area contributed by atoms with E-state index in [9.17, 15) is 24.3 Å². The molecule has 2 saturated heterocycles. The maximum absolute atomic E-state index is 12.3. The highest BCUT2D eigenvalue weighted by Gasteiger charge is 2.60. The minimum Gasteiger partial charge on any atom is -0.480 e. The van der Waals surface area contributed by atoms with Crippen LogP contribution in [0.3, 0.4) is 0 Å². The van der Waals surface area contributed by atoms with Crippen LogP contribution in [0, 0.1) is 0 Å². The summed E-state index contributed by atoms with van der Waals surface area (Å²) >= 11 is 0.815. The quantitative estimate of drug-likeness (QED) is 0.409. The first-order chi connectivity index (χ1) is 12.9. The molecule has 2 heterocycles. The second-order valence-electron chi connectivity index (χ2n) is 5.52. The Hall–Kier alpha value is -1.81. The summed E-state index contributed by atoms with van der Waals surface area (Å²) in [6.07, 6.45) is -2.30. The van der Waals surface area contributed by atoms with Gasteiger partial charge >= 0.3 is 11.9 Å². The summed E-state index contributed by atoms with van der Waals surface area (Å²) in [5, 5.41) is 18.4. The summed E-state index contributed by atoms with van der Waals surface area (Å²) in [4.78, 5) is 47.5. The van der Waals surface area contributed by atoms with Crippen molar-refractivity contribution in [2.75, 3.05) is 0 Å². The van der Waals surface area contributed by atoms with Crippen LogP contribution >= 0.6 is 11.8 Å². The van der Waals surface area contributed by atoms with Crippen LogP contribution in [0.25, 0.3) is 0 Å². The third-order valence-electron chi connectivity index (χ3n) is 3.92. The zero-order valence-corrected chi connectivity index (χ0v) is 13.4. The van der Waals surface area contributed by atoms with Crippen LogP contribution < -0.4 is 11.1 Å². The van der Waals surface area contributed by atoms with Crippen LogP contribution in [-0.4, -0.2) is 67.6 Å². The third-order valence-corrected chi connectivity index (χ3v) is 5.39. The fourth-order valence-electron chi connectivity index (χ4n) is 2.66. The van der Waals surface area contributed by atoms with Gasteiger partial charge in [-0.05, 0) is 19.2 Å². The molecule has 2 aliphatic heterocycles. The molecule has 0 aromatic heterocycles. The predicted molar refractivity (Wildman–Crippen MR) is 85.1 cm³/mol. The Bertz CT molecular complexity index is 681. The minimum absolute atomic E-state index is 0.0728. The SMILES string of the molecule is [2H]C([2H])C([2H])([2H])[C@@H]1S[C@@H]2[C@H](NC(=O)CCC[C@H](N)C(=O)O)C(=O)N2[C@H]1C(=O)O. The number of rotatable bonds is 8. The number of carbonyl (C=O) groups excluding carboxylic acids is 2. The van der Waals surface area contributed by atoms with E-state index in [1.54, 1.807) is 0 Å². The molecule has 5 atom stereocenters. The maximum atomic E-state index is 12.3. The lowest BCUT2D eigenvalue weighted by Gasteiger charge is -2.43. The normalized spacial score (nSPS) is 32.8. The van der Waals surface area contributed by atoms with Gasteiger partial charge in [0.15, 0.2) is 0 Å². The third kappa shape index (κ3) is 3.48. The predicted octanol–water partition coefficient (Wildman–Crippen LogP) is -0.800. The number of hydrogen-bond donors (Lipinski definition) is 4. The molecule has 134 valence electrons. The number of nitrogens with one attached hydrogen (secondary N) is 1. The first kappa shape index (κ1) is 13.5. The lowest BCUT2D eigenvalue weighted by atomic mass is 10.0. The van der Waals surface area contributed by atoms with Crippen molar-refractivity contribution in [3.63, 3.8) is 0 Å². The lowest BCUT2D eigenvalue weighted by molar-refractivity contribution is -0.160. The molecule has 0 spiro atoms. The summed E-state index contributed by atoms with van der Waals surface area (Å²) in [5.74, 6) is -3.83. The number of carboxylic acids is 2. The van der Waals surface area contributed by atoms with Gasteiger partial charge < -0.3 is 26.2 Å². The maximum Gasteiger partial charge on any atom is 0.327 e. The van der Waals surface area contributed by atoms with Gasteiger partial charge in [0.1, 0.15) is 23.5 Å². The number of aliphatic carboxylic acids is 2. The zero-order chi connectivity index (χ0) is 21.4. The van der Waals surface area contributed by atoms with Gasteiger partial charge in [0, 0.05) is 17.2 Å². The van der Waals surface area contributed by atoms with Crippen molar-refractivity contribution in [2.45, 2.75) is 61.3 Å². The summed E-state index contributed by atoms with van der Waals surface area (Å²) in [6.45, 7) is -1.95. The van der Waals surface area contributed by atoms with Gasteiger partial charge in [-0.15, -0.1) is 11.8 Å². The smallest absolute Gasteiger partial charge is 0.327 e. The first-order valence-corrected chi connectivity index (χ1v) is 8.16. The van der Waals surface area contributed by atoms with Crippen LogP contribution in [0.4, 0.5) is 0 Å². The van der Waals surface area contributed by atoms with Crippen molar-refractivity contribution < 1.29 is 34.9 Å². The number of nitrogens with zero attached hydrogens (tertiary/aromatic N) is 1. The fourth-order valence-corrected chi connectivity index (χ4v) is 4.14. The average molecular weight is 363 g/mol. The van der Waals surface area contributed by atoms with Crippen LogP contribution in [0.15, 0.2) is 0 Å². The number of carbonyl (C=O) groups is 4. The molecule has 2 aliphatic rings. The lowest BCUT2D eigenvalue weighted by Crippen LogP contribution is -2.70. The van der Waals surface area contributed by atoms with Gasteiger partial charge in [-0.25, -0.2) is 4.79 Å². The average Bonchev–Trinajstić information content (AvgIpc) is 2.96. The van der Waals surface area contributed by atoms with Crippen LogP contribution in [-0.2, 0) is 19.2 Å². The molecular formula is C14H21N3O6S. The van der Waals surface area contributed by atoms with Crippen LogP contribution in [0.5, 0.6) is 0 Å². The van der Waals surface area contributed by atoms with E-state index in [4.69, 9.17) is 16.3 Å². The number of thioether (sulfide) groups is 1. The van der Waals surface area contributed by atoms with Crippen molar-refractivity contribution in [1.29, 1.82) is 0 Å². The number of fused-ring (bicyclic) bond motifs is 1. The van der Waals surface area contributed by atoms with E-state index in [1.165, 1.54) is 0 Å². The largest absolute Gasteiger partial charge is 0.480 e. The Kier molecular flexibility index (Phi) is 4.15. The van der Waals surface area contributed by atoms with Crippen molar-refractivity contribution >= 4 is 35.5 Å². The highest BCUT2D eigenvalue weighted by molar-refractivity contribution is 8.01. The molecular weight excluding hydrogens is 338 g/mol. The van der Waals surface area contributed by atoms with Gasteiger partial charge in [0.25, 0.3) is 0 Å². The molecule has 0 aliphatic carbocycles. The van der Waals surface area contributed by atoms with E-state index in [2.05, 4.69) is 5.32 Å². The molecule has 24 heavy (non-hydrogen) atoms. The highest BCUT2D eigenvalue weighted by atomic mass is 32.2. The first-order valence-electron chi connectivity index (χ1n) is 9.37. The molecule has 0 aromatic rings. The van der Waals surface area contributed by atoms with Crippen molar-refractivity contribution in [3.05, 3.63) is 0 Å². The Balaban J connectivity index is 2.00. The summed E-state index contributed by atoms with van der Waals surface area (Å²) < 4.78 is 30.4. The van der Waals surface area contributed by atoms with Gasteiger partial charge in [0.05, 0.1) is 0 Å². The Morgan fingerprint density at radius 1 is 1.50 bits per heavy atom. The van der Waals surface area contributed by atoms with Crippen LogP contribution in [0.1, 0.15) is 38.0 Å². The molecule has 5 N–H and O–H groups in total. The van der Waals surface area contributed by atoms with Gasteiger partial charge in [0.2, 0.25) is 11.8 Å². The number of hydrogen-bond acceptors (Lipinski definition) is 6. The molecule has 0 unspecified atom stereocenters. The molecule has 0 saturated carbocycles. The van der Waals surface area contributed by atoms with E-state index in [0.29, 0.717) is 0 Å². The molecule has 9 nitrogen and oxygen atoms in total. The number of nitrogens with two attached hydrogens (primary N) is 1. The van der Waals surface area contributed by atoms with Crippen LogP contribution in [0.2, 0.25) is 0 Å².